The highest BCUT2D eigenvalue weighted by molar-refractivity contribution is 8.01. The molecule has 0 saturated carbocycles. The molecule has 0 fully saturated rings. The van der Waals surface area contributed by atoms with Crippen molar-refractivity contribution in [3.05, 3.63) is 222 Å². The van der Waals surface area contributed by atoms with Gasteiger partial charge in [-0.3, -0.25) is 0 Å². The van der Waals surface area contributed by atoms with Crippen LogP contribution in [0.1, 0.15) is 0 Å². The Labute approximate surface area is 506 Å². The summed E-state index contributed by atoms with van der Waals surface area (Å²) < 4.78 is -0.611. The van der Waals surface area contributed by atoms with Crippen LogP contribution in [0.25, 0.3) is 0 Å². The Morgan fingerprint density at radius 3 is 0.457 bits per heavy atom. The van der Waals surface area contributed by atoms with E-state index in [0.29, 0.717) is 0 Å². The minimum atomic E-state index is -5.46. The summed E-state index contributed by atoms with van der Waals surface area (Å²) >= 11 is 129. The molecule has 8 rings (SSSR count). The lowest BCUT2D eigenvalue weighted by molar-refractivity contribution is 1.64. The zero-order chi connectivity index (χ0) is 51.3. The molecule has 360 valence electrons. The second kappa shape index (κ2) is 24.0. The number of halogens is 20. The fourth-order valence-electron chi connectivity index (χ4n) is 8.38. The maximum absolute atomic E-state index is 7.00. The van der Waals surface area contributed by atoms with Crippen molar-refractivity contribution in [2.45, 2.75) is 0 Å². The molecule has 0 amide bonds. The monoisotopic (exact) mass is 1350 g/mol. The minimum Gasteiger partial charge on any atom is -0.178 e. The second-order valence-corrected chi connectivity index (χ2v) is 29.8. The lowest BCUT2D eigenvalue weighted by Crippen LogP contribution is -2.77. The Morgan fingerprint density at radius 2 is 0.314 bits per heavy atom. The summed E-state index contributed by atoms with van der Waals surface area (Å²) in [5, 5.41) is -0.262. The number of hydrogen-bond donors (Lipinski definition) is 0. The standard InChI is InChI=1S/C24H20P.4C6Cl5.Al/c1-5-13-21(14-6-1)25(22-15-7-2-8-16-22,23-17-9-3-10-18-23)24-19-11-4-12-20-24;4*7-2-1-3(8)5(10)6(11)4(2)9;/h1-20H;;;;;/q+1;;;;;-1. The predicted molar refractivity (Wildman–Crippen MR) is 321 cm³/mol. The predicted octanol–water partition coefficient (Wildman–Crippen LogP) is 20.4. The molecule has 22 heteroatoms. The maximum Gasteiger partial charge on any atom is 0.283 e. The summed E-state index contributed by atoms with van der Waals surface area (Å²) in [5.41, 5.74) is 0. The van der Waals surface area contributed by atoms with Gasteiger partial charge >= 0.3 is 0 Å². The molecule has 8 aromatic rings. The lowest BCUT2D eigenvalue weighted by Gasteiger charge is -2.46. The van der Waals surface area contributed by atoms with Gasteiger partial charge in [0.2, 0.25) is 0 Å². The van der Waals surface area contributed by atoms with Gasteiger partial charge in [-0.25, -0.2) is 0 Å². The van der Waals surface area contributed by atoms with Crippen LogP contribution >= 0.6 is 239 Å². The third-order valence-electron chi connectivity index (χ3n) is 11.3. The van der Waals surface area contributed by atoms with E-state index in [1.807, 2.05) is 0 Å². The van der Waals surface area contributed by atoms with Gasteiger partial charge in [0.15, 0.2) is 0 Å². The molecule has 8 aromatic carbocycles. The van der Waals surface area contributed by atoms with Crippen molar-refractivity contribution in [3.8, 4) is 0 Å². The van der Waals surface area contributed by atoms with E-state index in [9.17, 15) is 0 Å². The normalized spacial score (nSPS) is 11.7. The van der Waals surface area contributed by atoms with Crippen molar-refractivity contribution in [2.75, 3.05) is 0 Å². The van der Waals surface area contributed by atoms with Gasteiger partial charge in [0.05, 0.1) is 60.3 Å². The average molecular weight is 1360 g/mol. The molecule has 0 aliphatic rings. The minimum absolute atomic E-state index is 0.153. The Bertz CT molecular complexity index is 2760. The Hall–Kier alpha value is 0.522. The molecule has 0 N–H and O–H groups in total. The van der Waals surface area contributed by atoms with E-state index in [1.54, 1.807) is 0 Å². The van der Waals surface area contributed by atoms with Crippen LogP contribution in [0.5, 0.6) is 0 Å². The zero-order valence-electron chi connectivity index (χ0n) is 34.1. The van der Waals surface area contributed by atoms with Crippen LogP contribution in [0.3, 0.4) is 0 Å². The summed E-state index contributed by atoms with van der Waals surface area (Å²) in [7, 11) is -1.91. The van der Waals surface area contributed by atoms with E-state index in [-0.39, 0.29) is 118 Å². The molecule has 0 nitrogen and oxygen atoms in total. The number of hydrogen-bond acceptors (Lipinski definition) is 0. The topological polar surface area (TPSA) is 0 Å². The largest absolute Gasteiger partial charge is 0.283 e. The third kappa shape index (κ3) is 10.0. The fraction of sp³-hybridized carbons (Fsp3) is 0. The van der Waals surface area contributed by atoms with Crippen LogP contribution in [-0.4, -0.2) is 13.1 Å². The lowest BCUT2D eigenvalue weighted by atomic mass is 10.3. The summed E-state index contributed by atoms with van der Waals surface area (Å²) in [6, 6.07) is 43.8. The molecule has 0 aromatic heterocycles. The summed E-state index contributed by atoms with van der Waals surface area (Å²) in [6.07, 6.45) is 0. The molecular formula is C48H20AlCl20P. The Balaban J connectivity index is 0.000000242. The van der Waals surface area contributed by atoms with Gasteiger partial charge in [0.1, 0.15) is 28.5 Å². The van der Waals surface area contributed by atoms with Gasteiger partial charge in [-0.1, -0.05) is 305 Å². The zero-order valence-corrected chi connectivity index (χ0v) is 51.3. The van der Waals surface area contributed by atoms with Crippen molar-refractivity contribution in [2.24, 2.45) is 0 Å². The second-order valence-electron chi connectivity index (χ2n) is 14.8. The molecule has 0 spiro atoms. The van der Waals surface area contributed by atoms with Gasteiger partial charge in [-0.15, -0.1) is 0 Å². The van der Waals surface area contributed by atoms with Crippen LogP contribution in [0.15, 0.2) is 121 Å². The van der Waals surface area contributed by atoms with E-state index in [1.165, 1.54) is 21.2 Å². The van der Waals surface area contributed by atoms with Gasteiger partial charge < -0.3 is 0 Å². The molecular weight excluding hydrogens is 1340 g/mol. The van der Waals surface area contributed by atoms with E-state index < -0.39 is 20.3 Å². The van der Waals surface area contributed by atoms with E-state index in [4.69, 9.17) is 232 Å². The quantitative estimate of drug-likeness (QED) is 0.0616. The molecule has 0 saturated heterocycles. The third-order valence-corrected chi connectivity index (χ3v) is 32.0. The Kier molecular flexibility index (Phi) is 20.0. The van der Waals surface area contributed by atoms with E-state index in [2.05, 4.69) is 121 Å². The molecule has 0 aliphatic carbocycles. The average Bonchev–Trinajstić information content (AvgIpc) is 3.38. The first kappa shape index (κ1) is 58.2. The molecule has 0 atom stereocenters. The Morgan fingerprint density at radius 1 is 0.186 bits per heavy atom. The van der Waals surface area contributed by atoms with E-state index in [0.717, 1.165) is 0 Å². The molecule has 0 radical (unpaired) electrons. The first-order chi connectivity index (χ1) is 33.1. The summed E-state index contributed by atoms with van der Waals surface area (Å²) in [4.78, 5) is 0. The highest BCUT2D eigenvalue weighted by Crippen LogP contribution is 2.54. The van der Waals surface area contributed by atoms with Crippen LogP contribution in [0, 0.1) is 0 Å². The number of rotatable bonds is 8. The van der Waals surface area contributed by atoms with Crippen molar-refractivity contribution in [1.82, 2.24) is 0 Å². The highest BCUT2D eigenvalue weighted by Gasteiger charge is 2.51. The molecule has 70 heavy (non-hydrogen) atoms. The van der Waals surface area contributed by atoms with E-state index >= 15 is 0 Å². The molecule has 0 heterocycles. The van der Waals surface area contributed by atoms with Crippen LogP contribution in [0.2, 0.25) is 100 Å². The molecule has 0 bridgehead atoms. The van der Waals surface area contributed by atoms with Gasteiger partial charge in [0, 0.05) is 40.2 Å². The van der Waals surface area contributed by atoms with Gasteiger partial charge in [0.25, 0.3) is 13.1 Å². The van der Waals surface area contributed by atoms with Gasteiger partial charge in [-0.2, -0.15) is 17.7 Å². The van der Waals surface area contributed by atoms with Crippen molar-refractivity contribution >= 4 is 291 Å². The summed E-state index contributed by atoms with van der Waals surface area (Å²) in [6.45, 7) is 0. The molecule has 0 aliphatic heterocycles. The van der Waals surface area contributed by atoms with Crippen LogP contribution in [-0.2, 0) is 0 Å². The first-order valence-corrected chi connectivity index (χ1v) is 31.1. The van der Waals surface area contributed by atoms with Crippen LogP contribution in [0.4, 0.5) is 0 Å². The SMILES string of the molecule is Clc1c(Cl)c(Cl)[c]([Al-]([c]2c(Cl)c(Cl)c(Cl)c(Cl)c2Cl)([c]2c(Cl)c(Cl)c(Cl)c(Cl)c2Cl)[c]2c(Cl)c(Cl)c(Cl)c(Cl)c2Cl)c(Cl)c1Cl.c1ccc([P+](c2ccccc2)(c2ccccc2)c2ccccc2)cc1. The van der Waals surface area contributed by atoms with Crippen molar-refractivity contribution in [3.63, 3.8) is 0 Å². The van der Waals surface area contributed by atoms with Crippen LogP contribution < -0.4 is 38.9 Å². The number of benzene rings is 8. The smallest absolute Gasteiger partial charge is 0.178 e. The van der Waals surface area contributed by atoms with Crippen molar-refractivity contribution in [1.29, 1.82) is 0 Å². The fourth-order valence-corrected chi connectivity index (χ4v) is 27.8. The first-order valence-electron chi connectivity index (χ1n) is 19.5. The molecule has 0 unspecified atom stereocenters. The maximum atomic E-state index is 7.00. The van der Waals surface area contributed by atoms with Crippen molar-refractivity contribution < 1.29 is 0 Å². The van der Waals surface area contributed by atoms with Gasteiger partial charge in [-0.05, 0) is 48.5 Å². The highest BCUT2D eigenvalue weighted by atomic mass is 35.5. The summed E-state index contributed by atoms with van der Waals surface area (Å²) in [5.74, 6) is 0.